The summed E-state index contributed by atoms with van der Waals surface area (Å²) in [6.45, 7) is 1.37. The highest BCUT2D eigenvalue weighted by atomic mass is 32.2. The fourth-order valence-electron chi connectivity index (χ4n) is 1.89. The third-order valence-electron chi connectivity index (χ3n) is 3.05. The van der Waals surface area contributed by atoms with Crippen LogP contribution in [-0.4, -0.2) is 38.4 Å². The zero-order valence-corrected chi connectivity index (χ0v) is 14.5. The highest BCUT2D eigenvalue weighted by Gasteiger charge is 2.14. The van der Waals surface area contributed by atoms with Gasteiger partial charge < -0.3 is 10.2 Å². The lowest BCUT2D eigenvalue weighted by molar-refractivity contribution is -0.114. The van der Waals surface area contributed by atoms with Crippen molar-refractivity contribution in [2.45, 2.75) is 18.4 Å². The first-order valence-corrected chi connectivity index (χ1v) is 8.63. The lowest BCUT2D eigenvalue weighted by Gasteiger charge is -2.12. The standard InChI is InChI=1S/C15H19N5O3S/c1-11(21)18-12-4-6-13(7-5-12)24(22,23)17-10-14-16-9-8-15(19-14)20(2)3/h4-9,17H,10H2,1-3H3,(H,18,21). The molecule has 9 heteroatoms. The van der Waals surface area contributed by atoms with Gasteiger partial charge in [0, 0.05) is 32.9 Å². The van der Waals surface area contributed by atoms with E-state index in [-0.39, 0.29) is 17.3 Å². The van der Waals surface area contributed by atoms with Crippen LogP contribution in [-0.2, 0) is 21.4 Å². The van der Waals surface area contributed by atoms with Gasteiger partial charge in [-0.3, -0.25) is 4.79 Å². The zero-order valence-electron chi connectivity index (χ0n) is 13.6. The molecular formula is C15H19N5O3S. The van der Waals surface area contributed by atoms with E-state index < -0.39 is 10.0 Å². The van der Waals surface area contributed by atoms with E-state index in [1.165, 1.54) is 31.2 Å². The van der Waals surface area contributed by atoms with E-state index in [1.54, 1.807) is 17.2 Å². The molecule has 0 spiro atoms. The Morgan fingerprint density at radius 1 is 1.17 bits per heavy atom. The number of amides is 1. The van der Waals surface area contributed by atoms with E-state index in [2.05, 4.69) is 20.0 Å². The molecule has 8 nitrogen and oxygen atoms in total. The molecule has 1 aromatic heterocycles. The SMILES string of the molecule is CC(=O)Nc1ccc(S(=O)(=O)NCc2nccc(N(C)C)n2)cc1. The number of benzene rings is 1. The number of rotatable bonds is 6. The minimum atomic E-state index is -3.69. The molecule has 0 fully saturated rings. The topological polar surface area (TPSA) is 104 Å². The van der Waals surface area contributed by atoms with E-state index in [1.807, 2.05) is 14.1 Å². The van der Waals surface area contributed by atoms with Crippen molar-refractivity contribution in [3.05, 3.63) is 42.4 Å². The molecule has 0 saturated heterocycles. The quantitative estimate of drug-likeness (QED) is 0.805. The molecule has 0 aliphatic heterocycles. The summed E-state index contributed by atoms with van der Waals surface area (Å²) in [4.78, 5) is 21.2. The third kappa shape index (κ3) is 4.74. The van der Waals surface area contributed by atoms with Crippen molar-refractivity contribution in [3.63, 3.8) is 0 Å². The van der Waals surface area contributed by atoms with Gasteiger partial charge in [-0.2, -0.15) is 0 Å². The largest absolute Gasteiger partial charge is 0.363 e. The first-order chi connectivity index (χ1) is 11.3. The van der Waals surface area contributed by atoms with Gasteiger partial charge in [-0.25, -0.2) is 23.1 Å². The van der Waals surface area contributed by atoms with Crippen LogP contribution in [0.2, 0.25) is 0 Å². The maximum absolute atomic E-state index is 12.3. The molecule has 0 aliphatic rings. The first kappa shape index (κ1) is 17.8. The van der Waals surface area contributed by atoms with Gasteiger partial charge >= 0.3 is 0 Å². The van der Waals surface area contributed by atoms with Gasteiger partial charge in [0.2, 0.25) is 15.9 Å². The Hall–Kier alpha value is -2.52. The van der Waals surface area contributed by atoms with Gasteiger partial charge in [-0.1, -0.05) is 0 Å². The smallest absolute Gasteiger partial charge is 0.240 e. The Balaban J connectivity index is 2.08. The molecule has 0 aliphatic carbocycles. The molecule has 24 heavy (non-hydrogen) atoms. The summed E-state index contributed by atoms with van der Waals surface area (Å²) in [5.41, 5.74) is 0.531. The lowest BCUT2D eigenvalue weighted by atomic mass is 10.3. The predicted octanol–water partition coefficient (Wildman–Crippen LogP) is 0.979. The number of nitrogens with one attached hydrogen (secondary N) is 2. The van der Waals surface area contributed by atoms with Gasteiger partial charge in [0.25, 0.3) is 0 Å². The molecule has 2 aromatic rings. The Bertz CT molecular complexity index is 819. The summed E-state index contributed by atoms with van der Waals surface area (Å²) in [7, 11) is -0.0127. The van der Waals surface area contributed by atoms with Crippen LogP contribution in [0.3, 0.4) is 0 Å². The number of aromatic nitrogens is 2. The van der Waals surface area contributed by atoms with E-state index in [0.717, 1.165) is 0 Å². The number of nitrogens with zero attached hydrogens (tertiary/aromatic N) is 3. The fraction of sp³-hybridized carbons (Fsp3) is 0.267. The maximum atomic E-state index is 12.3. The molecule has 1 heterocycles. The molecule has 0 radical (unpaired) electrons. The van der Waals surface area contributed by atoms with Crippen molar-refractivity contribution >= 4 is 27.4 Å². The van der Waals surface area contributed by atoms with Crippen LogP contribution in [0.4, 0.5) is 11.5 Å². The molecule has 0 bridgehead atoms. The summed E-state index contributed by atoms with van der Waals surface area (Å²) in [6.07, 6.45) is 1.58. The summed E-state index contributed by atoms with van der Waals surface area (Å²) in [5.74, 6) is 0.847. The number of carbonyl (C=O) groups is 1. The second-order valence-electron chi connectivity index (χ2n) is 5.26. The highest BCUT2D eigenvalue weighted by molar-refractivity contribution is 7.89. The molecule has 0 unspecified atom stereocenters. The van der Waals surface area contributed by atoms with E-state index in [9.17, 15) is 13.2 Å². The summed E-state index contributed by atoms with van der Waals surface area (Å²) < 4.78 is 27.0. The van der Waals surface area contributed by atoms with Gasteiger partial charge in [-0.05, 0) is 30.3 Å². The first-order valence-electron chi connectivity index (χ1n) is 7.14. The van der Waals surface area contributed by atoms with Crippen LogP contribution in [0.5, 0.6) is 0 Å². The van der Waals surface area contributed by atoms with Gasteiger partial charge in [0.05, 0.1) is 11.4 Å². The van der Waals surface area contributed by atoms with Crippen LogP contribution in [0.1, 0.15) is 12.7 Å². The van der Waals surface area contributed by atoms with E-state index in [4.69, 9.17) is 0 Å². The number of carbonyl (C=O) groups excluding carboxylic acids is 1. The minimum absolute atomic E-state index is 0.0164. The average molecular weight is 349 g/mol. The van der Waals surface area contributed by atoms with Crippen LogP contribution in [0, 0.1) is 0 Å². The predicted molar refractivity (Wildman–Crippen MR) is 91.1 cm³/mol. The number of hydrogen-bond acceptors (Lipinski definition) is 6. The molecular weight excluding hydrogens is 330 g/mol. The maximum Gasteiger partial charge on any atom is 0.240 e. The Morgan fingerprint density at radius 2 is 1.83 bits per heavy atom. The van der Waals surface area contributed by atoms with Crippen molar-refractivity contribution in [3.8, 4) is 0 Å². The summed E-state index contributed by atoms with van der Waals surface area (Å²) in [5, 5.41) is 2.58. The number of hydrogen-bond donors (Lipinski definition) is 2. The van der Waals surface area contributed by atoms with Crippen molar-refractivity contribution in [2.75, 3.05) is 24.3 Å². The Morgan fingerprint density at radius 3 is 2.42 bits per heavy atom. The molecule has 0 atom stereocenters. The average Bonchev–Trinajstić information content (AvgIpc) is 2.53. The van der Waals surface area contributed by atoms with Crippen LogP contribution >= 0.6 is 0 Å². The van der Waals surface area contributed by atoms with Crippen LogP contribution in [0.25, 0.3) is 0 Å². The van der Waals surface area contributed by atoms with Crippen molar-refractivity contribution in [1.82, 2.24) is 14.7 Å². The van der Waals surface area contributed by atoms with Crippen molar-refractivity contribution in [2.24, 2.45) is 0 Å². The van der Waals surface area contributed by atoms with Crippen molar-refractivity contribution < 1.29 is 13.2 Å². The lowest BCUT2D eigenvalue weighted by Crippen LogP contribution is -2.24. The van der Waals surface area contributed by atoms with Gasteiger partial charge in [0.15, 0.2) is 0 Å². The van der Waals surface area contributed by atoms with E-state index in [0.29, 0.717) is 17.3 Å². The Kier molecular flexibility index (Phi) is 5.47. The van der Waals surface area contributed by atoms with Crippen molar-refractivity contribution in [1.29, 1.82) is 0 Å². The van der Waals surface area contributed by atoms with Crippen LogP contribution < -0.4 is 14.9 Å². The zero-order chi connectivity index (χ0) is 17.7. The highest BCUT2D eigenvalue weighted by Crippen LogP contribution is 2.14. The second-order valence-corrected chi connectivity index (χ2v) is 7.02. The molecule has 128 valence electrons. The minimum Gasteiger partial charge on any atom is -0.363 e. The monoisotopic (exact) mass is 349 g/mol. The molecule has 1 amide bonds. The summed E-state index contributed by atoms with van der Waals surface area (Å²) in [6, 6.07) is 7.63. The van der Waals surface area contributed by atoms with E-state index >= 15 is 0 Å². The molecule has 2 N–H and O–H groups in total. The fourth-order valence-corrected chi connectivity index (χ4v) is 2.87. The second kappa shape index (κ2) is 7.37. The normalized spacial score (nSPS) is 11.1. The Labute approximate surface area is 141 Å². The van der Waals surface area contributed by atoms with Crippen LogP contribution in [0.15, 0.2) is 41.4 Å². The molecule has 1 aromatic carbocycles. The summed E-state index contributed by atoms with van der Waals surface area (Å²) >= 11 is 0. The third-order valence-corrected chi connectivity index (χ3v) is 4.47. The molecule has 0 saturated carbocycles. The van der Waals surface area contributed by atoms with Gasteiger partial charge in [-0.15, -0.1) is 0 Å². The number of sulfonamides is 1. The molecule has 2 rings (SSSR count). The number of anilines is 2. The van der Waals surface area contributed by atoms with Gasteiger partial charge in [0.1, 0.15) is 11.6 Å².